The van der Waals surface area contributed by atoms with Crippen LogP contribution in [0.15, 0.2) is 40.6 Å². The summed E-state index contributed by atoms with van der Waals surface area (Å²) in [6.45, 7) is 4.65. The number of carboxylic acids is 1. The number of hydrogen-bond donors (Lipinski definition) is 4. The van der Waals surface area contributed by atoms with E-state index in [0.29, 0.717) is 34.4 Å². The Balaban J connectivity index is 1.54. The Hall–Kier alpha value is -3.69. The van der Waals surface area contributed by atoms with Crippen LogP contribution in [0.3, 0.4) is 0 Å². The second-order valence-electron chi connectivity index (χ2n) is 12.6. The summed E-state index contributed by atoms with van der Waals surface area (Å²) >= 11 is 2.77. The quantitative estimate of drug-likeness (QED) is 0.210. The van der Waals surface area contributed by atoms with Gasteiger partial charge in [0.15, 0.2) is 0 Å². The molecule has 1 aromatic carbocycles. The van der Waals surface area contributed by atoms with Crippen LogP contribution < -0.4 is 27.4 Å². The second-order valence-corrected chi connectivity index (χ2v) is 14.5. The van der Waals surface area contributed by atoms with Crippen molar-refractivity contribution in [1.82, 2.24) is 14.1 Å². The average Bonchev–Trinajstić information content (AvgIpc) is 3.70. The second kappa shape index (κ2) is 11.0. The Bertz CT molecular complexity index is 1920. The molecule has 2 aliphatic rings. The van der Waals surface area contributed by atoms with Gasteiger partial charge in [-0.05, 0) is 45.2 Å². The number of carboxylic acid groups (broad SMARTS) is 1. The zero-order valence-corrected chi connectivity index (χ0v) is 27.1. The summed E-state index contributed by atoms with van der Waals surface area (Å²) in [4.78, 5) is 44.9. The van der Waals surface area contributed by atoms with E-state index in [1.54, 1.807) is 19.4 Å². The molecule has 0 saturated heterocycles. The van der Waals surface area contributed by atoms with Gasteiger partial charge in [0.1, 0.15) is 38.5 Å². The highest BCUT2D eigenvalue weighted by atomic mass is 32.1. The normalized spacial score (nSPS) is 23.9. The first-order valence-electron chi connectivity index (χ1n) is 14.6. The molecule has 14 heteroatoms. The Morgan fingerprint density at radius 2 is 1.89 bits per heavy atom. The van der Waals surface area contributed by atoms with E-state index < -0.39 is 40.5 Å². The molecule has 4 aromatic rings. The number of ketones is 1. The van der Waals surface area contributed by atoms with Crippen LogP contribution in [0, 0.1) is 12.3 Å². The Kier molecular flexibility index (Phi) is 7.64. The molecule has 12 nitrogen and oxygen atoms in total. The lowest BCUT2D eigenvalue weighted by Gasteiger charge is -2.32. The number of nitrogens with two attached hydrogens (primary N) is 2. The number of thiophene rings is 1. The lowest BCUT2D eigenvalue weighted by atomic mass is 9.85. The number of para-hydroxylation sites is 1. The van der Waals surface area contributed by atoms with Gasteiger partial charge in [0.25, 0.3) is 0 Å². The molecule has 0 spiro atoms. The number of aromatic nitrogens is 3. The number of methoxy groups -OCH3 is 1. The molecule has 2 fully saturated rings. The zero-order chi connectivity index (χ0) is 32.5. The highest BCUT2D eigenvalue weighted by Gasteiger charge is 2.60. The topological polar surface area (TPSA) is 189 Å². The van der Waals surface area contributed by atoms with Crippen molar-refractivity contribution in [1.29, 1.82) is 5.41 Å². The third-order valence-corrected chi connectivity index (χ3v) is 11.6. The van der Waals surface area contributed by atoms with Gasteiger partial charge in [-0.15, -0.1) is 22.7 Å². The predicted molar refractivity (Wildman–Crippen MR) is 171 cm³/mol. The maximum absolute atomic E-state index is 14.4. The Morgan fingerprint density at radius 3 is 2.49 bits per heavy atom. The largest absolute Gasteiger partial charge is 0.496 e. The smallest absolute Gasteiger partial charge is 0.331 e. The third-order valence-electron chi connectivity index (χ3n) is 9.36. The molecular weight excluding hydrogens is 617 g/mol. The summed E-state index contributed by atoms with van der Waals surface area (Å²) in [6, 6.07) is 7.34. The lowest BCUT2D eigenvalue weighted by molar-refractivity contribution is -0.146. The van der Waals surface area contributed by atoms with Gasteiger partial charge in [0.05, 0.1) is 30.0 Å². The molecule has 2 unspecified atom stereocenters. The molecule has 2 aliphatic carbocycles. The number of fused-ring (bicyclic) bond motifs is 2. The minimum atomic E-state index is -1.73. The number of nitrogens with zero attached hydrogens (tertiary/aromatic N) is 3. The van der Waals surface area contributed by atoms with Gasteiger partial charge in [0, 0.05) is 41.1 Å². The maximum atomic E-state index is 14.4. The molecule has 3 heterocycles. The summed E-state index contributed by atoms with van der Waals surface area (Å²) < 4.78 is 15.0. The zero-order valence-electron chi connectivity index (χ0n) is 25.5. The molecule has 0 amide bonds. The van der Waals surface area contributed by atoms with E-state index in [2.05, 4.69) is 4.98 Å². The third kappa shape index (κ3) is 4.95. The molecule has 45 heavy (non-hydrogen) atoms. The van der Waals surface area contributed by atoms with Gasteiger partial charge >= 0.3 is 11.7 Å². The van der Waals surface area contributed by atoms with Crippen molar-refractivity contribution in [2.75, 3.05) is 7.11 Å². The van der Waals surface area contributed by atoms with Gasteiger partial charge < -0.3 is 26.0 Å². The fraction of sp³-hybridized carbons (Fsp3) is 0.452. The number of hydrogen-bond acceptors (Lipinski definition) is 11. The highest BCUT2D eigenvalue weighted by molar-refractivity contribution is 7.25. The van der Waals surface area contributed by atoms with Crippen LogP contribution >= 0.6 is 22.7 Å². The fourth-order valence-electron chi connectivity index (χ4n) is 6.89. The van der Waals surface area contributed by atoms with Crippen molar-refractivity contribution in [3.05, 3.63) is 62.9 Å². The van der Waals surface area contributed by atoms with E-state index in [0.717, 1.165) is 20.0 Å². The van der Waals surface area contributed by atoms with Crippen LogP contribution in [0.4, 0.5) is 0 Å². The Morgan fingerprint density at radius 1 is 1.22 bits per heavy atom. The van der Waals surface area contributed by atoms with E-state index in [-0.39, 0.29) is 30.7 Å². The van der Waals surface area contributed by atoms with E-state index in [9.17, 15) is 19.5 Å². The number of carbonyl (C=O) groups excluding carboxylic acids is 1. The molecular formula is C31H36N6O6S2. The van der Waals surface area contributed by atoms with Gasteiger partial charge in [-0.2, -0.15) is 0 Å². The molecule has 4 atom stereocenters. The Labute approximate surface area is 266 Å². The average molecular weight is 653 g/mol. The van der Waals surface area contributed by atoms with Crippen molar-refractivity contribution >= 4 is 44.6 Å². The van der Waals surface area contributed by atoms with Crippen molar-refractivity contribution in [2.45, 2.75) is 81.8 Å². The number of aliphatic carboxylic acids is 1. The van der Waals surface area contributed by atoms with Gasteiger partial charge in [0.2, 0.25) is 0 Å². The number of Topliss-reactive ketones (excluding diaryl/α,β-unsaturated/α-hetero) is 1. The first kappa shape index (κ1) is 31.3. The van der Waals surface area contributed by atoms with Crippen LogP contribution in [0.25, 0.3) is 20.1 Å². The van der Waals surface area contributed by atoms with Crippen LogP contribution in [-0.4, -0.2) is 55.3 Å². The molecule has 0 radical (unpaired) electrons. The number of rotatable bonds is 9. The number of thiazole rings is 1. The van der Waals surface area contributed by atoms with Crippen LogP contribution in [0.5, 0.6) is 5.75 Å². The number of aryl methyl sites for hydroxylation is 1. The van der Waals surface area contributed by atoms with E-state index in [4.69, 9.17) is 26.4 Å². The summed E-state index contributed by atoms with van der Waals surface area (Å²) in [5, 5.41) is 22.3. The number of carbonyl (C=O) groups is 2. The highest BCUT2D eigenvalue weighted by Crippen LogP contribution is 2.48. The van der Waals surface area contributed by atoms with Crippen molar-refractivity contribution in [3.63, 3.8) is 0 Å². The number of benzene rings is 1. The van der Waals surface area contributed by atoms with Crippen LogP contribution in [-0.2, 0) is 26.4 Å². The van der Waals surface area contributed by atoms with Crippen molar-refractivity contribution in [3.8, 4) is 15.6 Å². The molecule has 0 bridgehead atoms. The number of nitrogens with one attached hydrogen (secondary N) is 1. The lowest BCUT2D eigenvalue weighted by Crippen LogP contribution is -2.58. The molecule has 6 rings (SSSR count). The SMILES string of the molecule is COc1ccccc1C(Cn1c(=O)n(C(C)(C)C(=O)O)c(=N)c2c(C)c(-c3nccs3)sc21)OC1C[C@]2(N)CC(=O)C[C@]2(N)C1. The number of ether oxygens (including phenoxy) is 2. The van der Waals surface area contributed by atoms with Crippen molar-refractivity contribution in [2.24, 2.45) is 11.5 Å². The molecule has 6 N–H and O–H groups in total. The minimum absolute atomic E-state index is 0.0203. The molecule has 3 aromatic heterocycles. The summed E-state index contributed by atoms with van der Waals surface area (Å²) in [6.07, 6.45) is 1.64. The first-order valence-corrected chi connectivity index (χ1v) is 16.3. The van der Waals surface area contributed by atoms with Crippen LogP contribution in [0.2, 0.25) is 0 Å². The molecule has 0 aliphatic heterocycles. The summed E-state index contributed by atoms with van der Waals surface area (Å²) in [5.74, 6) is -0.659. The van der Waals surface area contributed by atoms with Gasteiger partial charge in [-0.1, -0.05) is 18.2 Å². The minimum Gasteiger partial charge on any atom is -0.496 e. The first-order chi connectivity index (χ1) is 21.2. The maximum Gasteiger partial charge on any atom is 0.331 e. The van der Waals surface area contributed by atoms with Gasteiger partial charge in [-0.3, -0.25) is 19.3 Å². The van der Waals surface area contributed by atoms with Crippen LogP contribution in [0.1, 0.15) is 56.8 Å². The van der Waals surface area contributed by atoms with Gasteiger partial charge in [-0.25, -0.2) is 14.6 Å². The van der Waals surface area contributed by atoms with E-state index in [1.165, 1.54) is 41.1 Å². The molecule has 2 saturated carbocycles. The van der Waals surface area contributed by atoms with E-state index in [1.807, 2.05) is 30.5 Å². The van der Waals surface area contributed by atoms with E-state index >= 15 is 0 Å². The summed E-state index contributed by atoms with van der Waals surface area (Å²) in [5.41, 5.74) is 10.4. The standard InChI is InChI=1S/C31H36N6O6S2/c1-16-22-24(32)37(29(2,3)27(39)40)28(41)36(26(22)45-23(16)25-35-9-10-44-25)15-21(19-7-5-6-8-20(19)42-4)43-18-13-30(33)11-17(38)12-31(30,34)14-18/h5-10,18,21,32H,11-15,33-34H2,1-4H3,(H,39,40)/t18?,21?,30-,31+. The summed E-state index contributed by atoms with van der Waals surface area (Å²) in [7, 11) is 1.55. The monoisotopic (exact) mass is 652 g/mol. The fourth-order valence-corrected chi connectivity index (χ4v) is 9.00. The van der Waals surface area contributed by atoms with Crippen molar-refractivity contribution < 1.29 is 24.2 Å². The molecule has 238 valence electrons. The predicted octanol–water partition coefficient (Wildman–Crippen LogP) is 3.28.